The first-order valence-electron chi connectivity index (χ1n) is 6.49. The molecule has 0 spiro atoms. The summed E-state index contributed by atoms with van der Waals surface area (Å²) in [6.07, 6.45) is 7.83. The molecule has 0 bridgehead atoms. The summed E-state index contributed by atoms with van der Waals surface area (Å²) in [5.74, 6) is 0.164. The molecule has 1 rings (SSSR count). The molecule has 0 unspecified atom stereocenters. The number of pyridine rings is 1. The zero-order valence-electron chi connectivity index (χ0n) is 10.6. The summed E-state index contributed by atoms with van der Waals surface area (Å²) in [7, 11) is 0. The van der Waals surface area contributed by atoms with E-state index >= 15 is 0 Å². The Morgan fingerprint density at radius 2 is 2.18 bits per heavy atom. The Morgan fingerprint density at radius 1 is 1.29 bits per heavy atom. The van der Waals surface area contributed by atoms with E-state index in [1.54, 1.807) is 6.20 Å². The molecule has 1 amide bonds. The first-order valence-corrected chi connectivity index (χ1v) is 6.49. The first kappa shape index (κ1) is 13.7. The number of nitrogens with one attached hydrogen (secondary N) is 1. The van der Waals surface area contributed by atoms with Gasteiger partial charge in [-0.25, -0.2) is 0 Å². The minimum atomic E-state index is 0.164. The van der Waals surface area contributed by atoms with Gasteiger partial charge >= 0.3 is 0 Å². The second-order valence-corrected chi connectivity index (χ2v) is 4.23. The Bertz CT molecular complexity index is 311. The molecule has 1 heterocycles. The molecule has 3 nitrogen and oxygen atoms in total. The van der Waals surface area contributed by atoms with E-state index < -0.39 is 0 Å². The van der Waals surface area contributed by atoms with Crippen molar-refractivity contribution in [2.24, 2.45) is 0 Å². The predicted octanol–water partition coefficient (Wildman–Crippen LogP) is 2.71. The molecule has 1 aromatic rings. The maximum absolute atomic E-state index is 11.5. The van der Waals surface area contributed by atoms with Gasteiger partial charge in [0.05, 0.1) is 0 Å². The van der Waals surface area contributed by atoms with E-state index in [9.17, 15) is 4.79 Å². The molecule has 0 saturated heterocycles. The molecule has 0 saturated carbocycles. The van der Waals surface area contributed by atoms with Crippen LogP contribution in [0.2, 0.25) is 0 Å². The van der Waals surface area contributed by atoms with Crippen LogP contribution in [-0.2, 0) is 11.2 Å². The third-order valence-corrected chi connectivity index (χ3v) is 2.69. The van der Waals surface area contributed by atoms with Crippen LogP contribution in [0, 0.1) is 0 Å². The fourth-order valence-electron chi connectivity index (χ4n) is 1.68. The number of nitrogens with zero attached hydrogens (tertiary/aromatic N) is 1. The van der Waals surface area contributed by atoms with Crippen LogP contribution in [0.5, 0.6) is 0 Å². The molecule has 17 heavy (non-hydrogen) atoms. The molecular formula is C14H22N2O. The van der Waals surface area contributed by atoms with Crippen molar-refractivity contribution in [2.75, 3.05) is 6.54 Å². The highest BCUT2D eigenvalue weighted by Gasteiger charge is 2.00. The van der Waals surface area contributed by atoms with E-state index in [-0.39, 0.29) is 5.91 Å². The van der Waals surface area contributed by atoms with Crippen molar-refractivity contribution in [3.05, 3.63) is 30.1 Å². The number of hydrogen-bond donors (Lipinski definition) is 1. The lowest BCUT2D eigenvalue weighted by molar-refractivity contribution is -0.121. The van der Waals surface area contributed by atoms with Crippen molar-refractivity contribution < 1.29 is 4.79 Å². The normalized spacial score (nSPS) is 10.2. The minimum Gasteiger partial charge on any atom is -0.356 e. The third kappa shape index (κ3) is 6.72. The summed E-state index contributed by atoms with van der Waals surface area (Å²) >= 11 is 0. The van der Waals surface area contributed by atoms with Crippen LogP contribution in [0.15, 0.2) is 24.4 Å². The SMILES string of the molecule is CCCCCCC(=O)NCCc1ccccn1. The highest BCUT2D eigenvalue weighted by molar-refractivity contribution is 5.75. The highest BCUT2D eigenvalue weighted by atomic mass is 16.1. The molecule has 1 N–H and O–H groups in total. The van der Waals surface area contributed by atoms with Gasteiger partial charge in [-0.05, 0) is 18.6 Å². The Kier molecular flexibility index (Phi) is 7.03. The Labute approximate surface area is 104 Å². The van der Waals surface area contributed by atoms with Gasteiger partial charge in [0.1, 0.15) is 0 Å². The lowest BCUT2D eigenvalue weighted by Crippen LogP contribution is -2.25. The zero-order valence-corrected chi connectivity index (χ0v) is 10.6. The van der Waals surface area contributed by atoms with Gasteiger partial charge in [-0.15, -0.1) is 0 Å². The lowest BCUT2D eigenvalue weighted by atomic mass is 10.1. The topological polar surface area (TPSA) is 42.0 Å². The number of unbranched alkanes of at least 4 members (excludes halogenated alkanes) is 3. The van der Waals surface area contributed by atoms with E-state index in [0.717, 1.165) is 25.0 Å². The molecule has 94 valence electrons. The monoisotopic (exact) mass is 234 g/mol. The van der Waals surface area contributed by atoms with Crippen molar-refractivity contribution in [3.63, 3.8) is 0 Å². The number of rotatable bonds is 8. The summed E-state index contributed by atoms with van der Waals surface area (Å²) in [5.41, 5.74) is 1.03. The average molecular weight is 234 g/mol. The Balaban J connectivity index is 2.04. The molecular weight excluding hydrogens is 212 g/mol. The van der Waals surface area contributed by atoms with Gasteiger partial charge < -0.3 is 5.32 Å². The maximum atomic E-state index is 11.5. The van der Waals surface area contributed by atoms with Gasteiger partial charge in [-0.3, -0.25) is 9.78 Å². The van der Waals surface area contributed by atoms with Gasteiger partial charge in [0, 0.05) is 31.3 Å². The Hall–Kier alpha value is -1.38. The number of amides is 1. The number of aromatic nitrogens is 1. The van der Waals surface area contributed by atoms with Crippen molar-refractivity contribution in [2.45, 2.75) is 45.4 Å². The summed E-state index contributed by atoms with van der Waals surface area (Å²) in [6, 6.07) is 5.85. The van der Waals surface area contributed by atoms with Crippen LogP contribution in [-0.4, -0.2) is 17.4 Å². The molecule has 0 fully saturated rings. The van der Waals surface area contributed by atoms with E-state index in [1.165, 1.54) is 12.8 Å². The molecule has 0 aliphatic rings. The fourth-order valence-corrected chi connectivity index (χ4v) is 1.68. The van der Waals surface area contributed by atoms with Crippen molar-refractivity contribution in [1.82, 2.24) is 10.3 Å². The lowest BCUT2D eigenvalue weighted by Gasteiger charge is -2.04. The zero-order chi connectivity index (χ0) is 12.3. The van der Waals surface area contributed by atoms with Crippen LogP contribution in [0.1, 0.15) is 44.7 Å². The quantitative estimate of drug-likeness (QED) is 0.703. The standard InChI is InChI=1S/C14H22N2O/c1-2-3-4-5-9-14(17)16-12-10-13-8-6-7-11-15-13/h6-8,11H,2-5,9-10,12H2,1H3,(H,16,17). The maximum Gasteiger partial charge on any atom is 0.220 e. The highest BCUT2D eigenvalue weighted by Crippen LogP contribution is 2.02. The van der Waals surface area contributed by atoms with Crippen molar-refractivity contribution >= 4 is 5.91 Å². The van der Waals surface area contributed by atoms with Gasteiger partial charge in [0.2, 0.25) is 5.91 Å². The van der Waals surface area contributed by atoms with Crippen molar-refractivity contribution in [1.29, 1.82) is 0 Å². The second kappa shape index (κ2) is 8.74. The van der Waals surface area contributed by atoms with Crippen LogP contribution >= 0.6 is 0 Å². The number of carbonyl (C=O) groups excluding carboxylic acids is 1. The summed E-state index contributed by atoms with van der Waals surface area (Å²) < 4.78 is 0. The van der Waals surface area contributed by atoms with Gasteiger partial charge in [-0.2, -0.15) is 0 Å². The molecule has 3 heteroatoms. The van der Waals surface area contributed by atoms with E-state index in [4.69, 9.17) is 0 Å². The third-order valence-electron chi connectivity index (χ3n) is 2.69. The summed E-state index contributed by atoms with van der Waals surface area (Å²) in [5, 5.41) is 2.93. The number of hydrogen-bond acceptors (Lipinski definition) is 2. The van der Waals surface area contributed by atoms with Crippen LogP contribution < -0.4 is 5.32 Å². The predicted molar refractivity (Wildman–Crippen MR) is 69.7 cm³/mol. The van der Waals surface area contributed by atoms with Crippen LogP contribution in [0.3, 0.4) is 0 Å². The average Bonchev–Trinajstić information content (AvgIpc) is 2.36. The first-order chi connectivity index (χ1) is 8.33. The minimum absolute atomic E-state index is 0.164. The van der Waals surface area contributed by atoms with Gasteiger partial charge in [0.15, 0.2) is 0 Å². The van der Waals surface area contributed by atoms with E-state index in [0.29, 0.717) is 13.0 Å². The second-order valence-electron chi connectivity index (χ2n) is 4.23. The smallest absolute Gasteiger partial charge is 0.220 e. The molecule has 0 atom stereocenters. The molecule has 1 aromatic heterocycles. The van der Waals surface area contributed by atoms with Crippen molar-refractivity contribution in [3.8, 4) is 0 Å². The Morgan fingerprint density at radius 3 is 2.88 bits per heavy atom. The number of carbonyl (C=O) groups is 1. The molecule has 0 aliphatic heterocycles. The summed E-state index contributed by atoms with van der Waals surface area (Å²) in [6.45, 7) is 2.86. The van der Waals surface area contributed by atoms with E-state index in [1.807, 2.05) is 18.2 Å². The fraction of sp³-hybridized carbons (Fsp3) is 0.571. The van der Waals surface area contributed by atoms with Gasteiger partial charge in [-0.1, -0.05) is 32.3 Å². The summed E-state index contributed by atoms with van der Waals surface area (Å²) in [4.78, 5) is 15.7. The van der Waals surface area contributed by atoms with Crippen LogP contribution in [0.25, 0.3) is 0 Å². The molecule has 0 aromatic carbocycles. The largest absolute Gasteiger partial charge is 0.356 e. The molecule has 0 radical (unpaired) electrons. The molecule has 0 aliphatic carbocycles. The van der Waals surface area contributed by atoms with Crippen LogP contribution in [0.4, 0.5) is 0 Å². The van der Waals surface area contributed by atoms with E-state index in [2.05, 4.69) is 17.2 Å². The van der Waals surface area contributed by atoms with Gasteiger partial charge in [0.25, 0.3) is 0 Å².